The third-order valence-corrected chi connectivity index (χ3v) is 5.04. The maximum absolute atomic E-state index is 11.4. The van der Waals surface area contributed by atoms with Crippen molar-refractivity contribution in [2.75, 3.05) is 0 Å². The topological polar surface area (TPSA) is 52.6 Å². The maximum Gasteiger partial charge on any atom is 0.159 e. The minimum absolute atomic E-state index is 0.0307. The van der Waals surface area contributed by atoms with Crippen molar-refractivity contribution in [3.63, 3.8) is 0 Å². The molecule has 0 spiro atoms. The Morgan fingerprint density at radius 2 is 0.688 bits per heavy atom. The Labute approximate surface area is 187 Å². The normalized spacial score (nSPS) is 10.4. The van der Waals surface area contributed by atoms with Crippen molar-refractivity contribution < 1.29 is 19.1 Å². The number of carbonyl (C=O) groups is 2. The van der Waals surface area contributed by atoms with E-state index in [9.17, 15) is 9.59 Å². The molecule has 0 aliphatic heterocycles. The van der Waals surface area contributed by atoms with Crippen molar-refractivity contribution in [2.24, 2.45) is 0 Å². The molecule has 0 radical (unpaired) electrons. The molecule has 0 heterocycles. The van der Waals surface area contributed by atoms with Crippen LogP contribution >= 0.6 is 0 Å². The molecule has 0 aliphatic rings. The summed E-state index contributed by atoms with van der Waals surface area (Å²) in [5, 5.41) is 0. The predicted molar refractivity (Wildman–Crippen MR) is 125 cm³/mol. The molecule has 0 atom stereocenters. The van der Waals surface area contributed by atoms with E-state index >= 15 is 0 Å². The second-order valence-electron chi connectivity index (χ2n) is 7.41. The number of ketones is 2. The van der Waals surface area contributed by atoms with Gasteiger partial charge in [0.05, 0.1) is 0 Å². The second kappa shape index (κ2) is 9.31. The van der Waals surface area contributed by atoms with Crippen LogP contribution in [0, 0.1) is 0 Å². The van der Waals surface area contributed by atoms with Crippen LogP contribution in [0.2, 0.25) is 0 Å². The monoisotopic (exact) mass is 422 g/mol. The zero-order valence-corrected chi connectivity index (χ0v) is 17.9. The lowest BCUT2D eigenvalue weighted by molar-refractivity contribution is 0.100. The van der Waals surface area contributed by atoms with Crippen LogP contribution in [0.1, 0.15) is 34.6 Å². The smallest absolute Gasteiger partial charge is 0.159 e. The third kappa shape index (κ3) is 5.10. The number of ether oxygens (including phenoxy) is 2. The van der Waals surface area contributed by atoms with Gasteiger partial charge in [0.1, 0.15) is 23.0 Å². The molecule has 4 nitrogen and oxygen atoms in total. The lowest BCUT2D eigenvalue weighted by atomic mass is 10.1. The van der Waals surface area contributed by atoms with Gasteiger partial charge in [-0.1, -0.05) is 24.3 Å². The SMILES string of the molecule is CC(=O)c1ccc(Oc2ccc(-c3ccc(Oc4ccc(C(C)=O)cc4)cc3)cc2)cc1. The first-order valence-corrected chi connectivity index (χ1v) is 10.3. The van der Waals surface area contributed by atoms with Crippen molar-refractivity contribution in [3.05, 3.63) is 108 Å². The summed E-state index contributed by atoms with van der Waals surface area (Å²) < 4.78 is 11.7. The molecule has 0 saturated heterocycles. The van der Waals surface area contributed by atoms with E-state index in [-0.39, 0.29) is 11.6 Å². The van der Waals surface area contributed by atoms with Crippen molar-refractivity contribution in [1.29, 1.82) is 0 Å². The Kier molecular flexibility index (Phi) is 6.13. The van der Waals surface area contributed by atoms with E-state index in [4.69, 9.17) is 9.47 Å². The molecule has 0 bridgehead atoms. The Morgan fingerprint density at radius 1 is 0.438 bits per heavy atom. The van der Waals surface area contributed by atoms with E-state index in [1.807, 2.05) is 48.5 Å². The first kappa shape index (κ1) is 21.1. The molecule has 4 heteroatoms. The van der Waals surface area contributed by atoms with Gasteiger partial charge in [-0.25, -0.2) is 0 Å². The number of benzene rings is 4. The Morgan fingerprint density at radius 3 is 0.938 bits per heavy atom. The second-order valence-corrected chi connectivity index (χ2v) is 7.41. The van der Waals surface area contributed by atoms with E-state index in [1.165, 1.54) is 0 Å². The van der Waals surface area contributed by atoms with Gasteiger partial charge in [-0.3, -0.25) is 9.59 Å². The summed E-state index contributed by atoms with van der Waals surface area (Å²) in [5.74, 6) is 2.86. The van der Waals surface area contributed by atoms with E-state index in [0.717, 1.165) is 22.6 Å². The van der Waals surface area contributed by atoms with E-state index in [0.29, 0.717) is 22.6 Å². The van der Waals surface area contributed by atoms with Gasteiger partial charge in [0.2, 0.25) is 0 Å². The van der Waals surface area contributed by atoms with Crippen LogP contribution in [0.4, 0.5) is 0 Å². The molecular formula is C28H22O4. The average molecular weight is 422 g/mol. The molecule has 0 saturated carbocycles. The van der Waals surface area contributed by atoms with E-state index in [1.54, 1.807) is 62.4 Å². The molecular weight excluding hydrogens is 400 g/mol. The lowest BCUT2D eigenvalue weighted by Gasteiger charge is -2.09. The standard InChI is InChI=1S/C28H22O4/c1-19(29)21-3-11-25(12-4-21)31-27-15-7-23(8-16-27)24-9-17-28(18-10-24)32-26-13-5-22(6-14-26)20(2)30/h3-18H,1-2H3. The maximum atomic E-state index is 11.4. The van der Waals surface area contributed by atoms with Gasteiger partial charge >= 0.3 is 0 Å². The third-order valence-electron chi connectivity index (χ3n) is 5.04. The minimum Gasteiger partial charge on any atom is -0.457 e. The molecule has 0 aliphatic carbocycles. The number of hydrogen-bond acceptors (Lipinski definition) is 4. The molecule has 0 amide bonds. The minimum atomic E-state index is 0.0307. The first-order chi connectivity index (χ1) is 15.5. The summed E-state index contributed by atoms with van der Waals surface area (Å²) in [5.41, 5.74) is 3.43. The molecule has 158 valence electrons. The number of hydrogen-bond donors (Lipinski definition) is 0. The highest BCUT2D eigenvalue weighted by molar-refractivity contribution is 5.94. The molecule has 0 fully saturated rings. The van der Waals surface area contributed by atoms with Crippen LogP contribution in [0.5, 0.6) is 23.0 Å². The quantitative estimate of drug-likeness (QED) is 0.292. The first-order valence-electron chi connectivity index (χ1n) is 10.3. The van der Waals surface area contributed by atoms with E-state index in [2.05, 4.69) is 0 Å². The number of Topliss-reactive ketones (excluding diaryl/α,β-unsaturated/α-hetero) is 2. The van der Waals surface area contributed by atoms with Crippen molar-refractivity contribution in [3.8, 4) is 34.1 Å². The van der Waals surface area contributed by atoms with Gasteiger partial charge in [-0.05, 0) is 97.8 Å². The van der Waals surface area contributed by atoms with Gasteiger partial charge < -0.3 is 9.47 Å². The highest BCUT2D eigenvalue weighted by Gasteiger charge is 2.04. The number of carbonyl (C=O) groups excluding carboxylic acids is 2. The fourth-order valence-electron chi connectivity index (χ4n) is 3.22. The van der Waals surface area contributed by atoms with Crippen molar-refractivity contribution >= 4 is 11.6 Å². The number of rotatable bonds is 7. The summed E-state index contributed by atoms with van der Waals surface area (Å²) in [4.78, 5) is 22.7. The Balaban J connectivity index is 1.40. The van der Waals surface area contributed by atoms with Gasteiger partial charge in [0, 0.05) is 11.1 Å². The summed E-state index contributed by atoms with van der Waals surface area (Å²) >= 11 is 0. The Bertz CT molecular complexity index is 1120. The average Bonchev–Trinajstić information content (AvgIpc) is 2.81. The molecule has 0 unspecified atom stereocenters. The van der Waals surface area contributed by atoms with E-state index < -0.39 is 0 Å². The van der Waals surface area contributed by atoms with Crippen LogP contribution in [-0.2, 0) is 0 Å². The molecule has 4 aromatic rings. The van der Waals surface area contributed by atoms with Gasteiger partial charge in [-0.15, -0.1) is 0 Å². The fourth-order valence-corrected chi connectivity index (χ4v) is 3.22. The van der Waals surface area contributed by atoms with Gasteiger partial charge in [-0.2, -0.15) is 0 Å². The molecule has 4 rings (SSSR count). The molecule has 4 aromatic carbocycles. The zero-order chi connectivity index (χ0) is 22.5. The zero-order valence-electron chi connectivity index (χ0n) is 17.9. The molecule has 0 N–H and O–H groups in total. The van der Waals surface area contributed by atoms with Crippen LogP contribution in [-0.4, -0.2) is 11.6 Å². The van der Waals surface area contributed by atoms with Crippen LogP contribution < -0.4 is 9.47 Å². The molecule has 32 heavy (non-hydrogen) atoms. The van der Waals surface area contributed by atoms with Crippen molar-refractivity contribution in [1.82, 2.24) is 0 Å². The summed E-state index contributed by atoms with van der Waals surface area (Å²) in [6.07, 6.45) is 0. The van der Waals surface area contributed by atoms with Crippen molar-refractivity contribution in [2.45, 2.75) is 13.8 Å². The lowest BCUT2D eigenvalue weighted by Crippen LogP contribution is -1.91. The van der Waals surface area contributed by atoms with Crippen LogP contribution in [0.15, 0.2) is 97.1 Å². The Hall–Kier alpha value is -4.18. The summed E-state index contributed by atoms with van der Waals surface area (Å²) in [6.45, 7) is 3.08. The largest absolute Gasteiger partial charge is 0.457 e. The van der Waals surface area contributed by atoms with Crippen LogP contribution in [0.3, 0.4) is 0 Å². The molecule has 0 aromatic heterocycles. The summed E-state index contributed by atoms with van der Waals surface area (Å²) in [7, 11) is 0. The van der Waals surface area contributed by atoms with Gasteiger partial charge in [0.25, 0.3) is 0 Å². The highest BCUT2D eigenvalue weighted by Crippen LogP contribution is 2.29. The van der Waals surface area contributed by atoms with Gasteiger partial charge in [0.15, 0.2) is 11.6 Å². The summed E-state index contributed by atoms with van der Waals surface area (Å²) in [6, 6.07) is 29.8. The highest BCUT2D eigenvalue weighted by atomic mass is 16.5. The predicted octanol–water partition coefficient (Wildman–Crippen LogP) is 7.34. The van der Waals surface area contributed by atoms with Crippen LogP contribution in [0.25, 0.3) is 11.1 Å². The fraction of sp³-hybridized carbons (Fsp3) is 0.0714.